The van der Waals surface area contributed by atoms with E-state index in [0.717, 1.165) is 37.2 Å². The standard InChI is InChI=1S/C22H24FN5/c23-18-12-10-17(11-13-18)21(27-15-14-16-6-4-5-9-20(16)27)22-24-25-26-28(22)19-7-2-1-3-8-19/h4-6,9-13,19,21H,1-3,7-8,14-15H2. The summed E-state index contributed by atoms with van der Waals surface area (Å²) in [7, 11) is 0. The fourth-order valence-electron chi connectivity index (χ4n) is 4.71. The third-order valence-electron chi connectivity index (χ3n) is 6.10. The van der Waals surface area contributed by atoms with Crippen LogP contribution in [0.5, 0.6) is 0 Å². The van der Waals surface area contributed by atoms with Crippen LogP contribution in [0.2, 0.25) is 0 Å². The summed E-state index contributed by atoms with van der Waals surface area (Å²) in [4.78, 5) is 2.37. The Hall–Kier alpha value is -2.76. The Bertz CT molecular complexity index is 946. The number of benzene rings is 2. The summed E-state index contributed by atoms with van der Waals surface area (Å²) in [5.41, 5.74) is 3.58. The normalized spacial score (nSPS) is 18.2. The molecule has 2 aromatic carbocycles. The number of para-hydroxylation sites is 1. The number of aromatic nitrogens is 4. The fourth-order valence-corrected chi connectivity index (χ4v) is 4.71. The van der Waals surface area contributed by atoms with Crippen molar-refractivity contribution in [2.45, 2.75) is 50.6 Å². The van der Waals surface area contributed by atoms with Crippen molar-refractivity contribution in [1.82, 2.24) is 20.2 Å². The summed E-state index contributed by atoms with van der Waals surface area (Å²) < 4.78 is 15.7. The maximum Gasteiger partial charge on any atom is 0.178 e. The van der Waals surface area contributed by atoms with Crippen molar-refractivity contribution in [2.24, 2.45) is 0 Å². The SMILES string of the molecule is Fc1ccc(C(c2nnnn2C2CCCCC2)N2CCc3ccccc32)cc1. The minimum atomic E-state index is -0.226. The summed E-state index contributed by atoms with van der Waals surface area (Å²) >= 11 is 0. The lowest BCUT2D eigenvalue weighted by Gasteiger charge is -2.32. The Balaban J connectivity index is 1.60. The van der Waals surface area contributed by atoms with Gasteiger partial charge in [0, 0.05) is 12.2 Å². The Morgan fingerprint density at radius 2 is 1.75 bits per heavy atom. The molecule has 1 saturated carbocycles. The average molecular weight is 377 g/mol. The number of rotatable bonds is 4. The van der Waals surface area contributed by atoms with E-state index in [1.165, 1.54) is 42.6 Å². The van der Waals surface area contributed by atoms with E-state index in [4.69, 9.17) is 0 Å². The van der Waals surface area contributed by atoms with Crippen LogP contribution in [0.15, 0.2) is 48.5 Å². The smallest absolute Gasteiger partial charge is 0.178 e. The number of tetrazole rings is 1. The molecule has 6 heteroatoms. The van der Waals surface area contributed by atoms with Gasteiger partial charge in [0.15, 0.2) is 5.82 Å². The summed E-state index contributed by atoms with van der Waals surface area (Å²) in [5.74, 6) is 0.631. The van der Waals surface area contributed by atoms with Crippen molar-refractivity contribution in [3.63, 3.8) is 0 Å². The summed E-state index contributed by atoms with van der Waals surface area (Å²) in [6.07, 6.45) is 6.96. The van der Waals surface area contributed by atoms with Crippen LogP contribution in [0.25, 0.3) is 0 Å². The van der Waals surface area contributed by atoms with Gasteiger partial charge < -0.3 is 4.90 Å². The maximum absolute atomic E-state index is 13.6. The van der Waals surface area contributed by atoms with Crippen molar-refractivity contribution < 1.29 is 4.39 Å². The van der Waals surface area contributed by atoms with Crippen LogP contribution in [-0.2, 0) is 6.42 Å². The molecule has 1 fully saturated rings. The molecule has 2 heterocycles. The lowest BCUT2D eigenvalue weighted by atomic mass is 9.95. The minimum Gasteiger partial charge on any atom is -0.357 e. The van der Waals surface area contributed by atoms with E-state index in [-0.39, 0.29) is 11.9 Å². The maximum atomic E-state index is 13.6. The molecule has 3 aromatic rings. The first-order valence-corrected chi connectivity index (χ1v) is 10.2. The minimum absolute atomic E-state index is 0.124. The number of hydrogen-bond acceptors (Lipinski definition) is 4. The zero-order valence-corrected chi connectivity index (χ0v) is 15.8. The van der Waals surface area contributed by atoms with Crippen LogP contribution < -0.4 is 4.90 Å². The molecule has 0 saturated heterocycles. The van der Waals surface area contributed by atoms with Crippen molar-refractivity contribution in [1.29, 1.82) is 0 Å². The number of hydrogen-bond donors (Lipinski definition) is 0. The number of halogens is 1. The van der Waals surface area contributed by atoms with Crippen LogP contribution in [0.1, 0.15) is 61.1 Å². The molecule has 1 aliphatic carbocycles. The van der Waals surface area contributed by atoms with Gasteiger partial charge in [0.25, 0.3) is 0 Å². The molecular weight excluding hydrogens is 353 g/mol. The van der Waals surface area contributed by atoms with E-state index in [1.807, 2.05) is 16.8 Å². The zero-order valence-electron chi connectivity index (χ0n) is 15.8. The second-order valence-corrected chi connectivity index (χ2v) is 7.80. The van der Waals surface area contributed by atoms with Crippen molar-refractivity contribution in [2.75, 3.05) is 11.4 Å². The highest BCUT2D eigenvalue weighted by molar-refractivity contribution is 5.60. The highest BCUT2D eigenvalue weighted by Crippen LogP contribution is 2.39. The van der Waals surface area contributed by atoms with Gasteiger partial charge >= 0.3 is 0 Å². The van der Waals surface area contributed by atoms with Gasteiger partial charge in [-0.2, -0.15) is 0 Å². The molecular formula is C22H24FN5. The number of nitrogens with zero attached hydrogens (tertiary/aromatic N) is 5. The number of fused-ring (bicyclic) bond motifs is 1. The first kappa shape index (κ1) is 17.3. The molecule has 1 unspecified atom stereocenters. The predicted molar refractivity (Wildman–Crippen MR) is 106 cm³/mol. The van der Waals surface area contributed by atoms with E-state index >= 15 is 0 Å². The highest BCUT2D eigenvalue weighted by atomic mass is 19.1. The molecule has 1 aromatic heterocycles. The predicted octanol–water partition coefficient (Wildman–Crippen LogP) is 4.47. The molecule has 0 spiro atoms. The van der Waals surface area contributed by atoms with Gasteiger partial charge in [-0.05, 0) is 59.0 Å². The van der Waals surface area contributed by atoms with Gasteiger partial charge in [0.1, 0.15) is 11.9 Å². The van der Waals surface area contributed by atoms with Gasteiger partial charge in [-0.25, -0.2) is 9.07 Å². The third kappa shape index (κ3) is 3.07. The van der Waals surface area contributed by atoms with E-state index in [1.54, 1.807) is 0 Å². The van der Waals surface area contributed by atoms with E-state index in [0.29, 0.717) is 6.04 Å². The Labute approximate surface area is 164 Å². The van der Waals surface area contributed by atoms with Gasteiger partial charge in [-0.15, -0.1) is 5.10 Å². The van der Waals surface area contributed by atoms with Crippen LogP contribution >= 0.6 is 0 Å². The third-order valence-corrected chi connectivity index (χ3v) is 6.10. The van der Waals surface area contributed by atoms with E-state index < -0.39 is 0 Å². The van der Waals surface area contributed by atoms with Crippen LogP contribution in [0, 0.1) is 5.82 Å². The van der Waals surface area contributed by atoms with Gasteiger partial charge in [0.2, 0.25) is 0 Å². The lowest BCUT2D eigenvalue weighted by Crippen LogP contribution is -2.31. The van der Waals surface area contributed by atoms with Crippen molar-refractivity contribution >= 4 is 5.69 Å². The van der Waals surface area contributed by atoms with Crippen molar-refractivity contribution in [3.8, 4) is 0 Å². The van der Waals surface area contributed by atoms with E-state index in [9.17, 15) is 4.39 Å². The summed E-state index contributed by atoms with van der Waals surface area (Å²) in [6, 6.07) is 15.5. The van der Waals surface area contributed by atoms with E-state index in [2.05, 4.69) is 44.7 Å². The molecule has 5 rings (SSSR count). The second-order valence-electron chi connectivity index (χ2n) is 7.80. The average Bonchev–Trinajstić information content (AvgIpc) is 3.39. The lowest BCUT2D eigenvalue weighted by molar-refractivity contribution is 0.313. The second kappa shape index (κ2) is 7.34. The number of anilines is 1. The molecule has 0 bridgehead atoms. The molecule has 0 amide bonds. The molecule has 1 aliphatic heterocycles. The van der Waals surface area contributed by atoms with Crippen LogP contribution in [0.4, 0.5) is 10.1 Å². The van der Waals surface area contributed by atoms with Crippen LogP contribution in [0.3, 0.4) is 0 Å². The first-order valence-electron chi connectivity index (χ1n) is 10.2. The van der Waals surface area contributed by atoms with Crippen LogP contribution in [-0.4, -0.2) is 26.8 Å². The summed E-state index contributed by atoms with van der Waals surface area (Å²) in [5, 5.41) is 12.9. The summed E-state index contributed by atoms with van der Waals surface area (Å²) in [6.45, 7) is 0.902. The van der Waals surface area contributed by atoms with Crippen molar-refractivity contribution in [3.05, 3.63) is 71.3 Å². The van der Waals surface area contributed by atoms with Gasteiger partial charge in [0.05, 0.1) is 6.04 Å². The molecule has 5 nitrogen and oxygen atoms in total. The molecule has 2 aliphatic rings. The molecule has 144 valence electrons. The molecule has 28 heavy (non-hydrogen) atoms. The Morgan fingerprint density at radius 1 is 0.964 bits per heavy atom. The Morgan fingerprint density at radius 3 is 2.57 bits per heavy atom. The largest absolute Gasteiger partial charge is 0.357 e. The topological polar surface area (TPSA) is 46.8 Å². The fraction of sp³-hybridized carbons (Fsp3) is 0.409. The zero-order chi connectivity index (χ0) is 18.9. The van der Waals surface area contributed by atoms with Gasteiger partial charge in [-0.1, -0.05) is 49.6 Å². The monoisotopic (exact) mass is 377 g/mol. The van der Waals surface area contributed by atoms with Gasteiger partial charge in [-0.3, -0.25) is 0 Å². The molecule has 0 N–H and O–H groups in total. The molecule has 0 radical (unpaired) electrons. The molecule has 1 atom stereocenters. The Kier molecular flexibility index (Phi) is 4.55. The highest BCUT2D eigenvalue weighted by Gasteiger charge is 2.34. The first-order chi connectivity index (χ1) is 13.8. The quantitative estimate of drug-likeness (QED) is 0.673.